The fraction of sp³-hybridized carbons (Fsp3) is 0.348. The fourth-order valence-electron chi connectivity index (χ4n) is 3.72. The van der Waals surface area contributed by atoms with Crippen molar-refractivity contribution >= 4 is 38.9 Å². The lowest BCUT2D eigenvalue weighted by atomic mass is 10.0. The van der Waals surface area contributed by atoms with Crippen molar-refractivity contribution in [3.8, 4) is 5.75 Å². The molecule has 0 bridgehead atoms. The molecule has 6 nitrogen and oxygen atoms in total. The normalized spacial score (nSPS) is 20.0. The van der Waals surface area contributed by atoms with Crippen molar-refractivity contribution < 1.29 is 27.4 Å². The van der Waals surface area contributed by atoms with Crippen LogP contribution in [0.1, 0.15) is 26.2 Å². The number of halogens is 1. The van der Waals surface area contributed by atoms with Crippen molar-refractivity contribution in [1.82, 2.24) is 0 Å². The van der Waals surface area contributed by atoms with Gasteiger partial charge in [0.05, 0.1) is 27.8 Å². The SMILES string of the molecule is CCCC[C@H]1CN(c2ccccc2)c2cc(SC)c(O/C=C/C(=O)O)cc2S(=O)(=O)[C@@H]1F. The topological polar surface area (TPSA) is 83.9 Å². The average Bonchev–Trinajstić information content (AvgIpc) is 2.86. The summed E-state index contributed by atoms with van der Waals surface area (Å²) >= 11 is 1.33. The number of para-hydroxylation sites is 1. The summed E-state index contributed by atoms with van der Waals surface area (Å²) in [5.74, 6) is -1.73. The molecule has 32 heavy (non-hydrogen) atoms. The molecule has 2 atom stereocenters. The van der Waals surface area contributed by atoms with Gasteiger partial charge in [0.1, 0.15) is 5.75 Å². The second-order valence-electron chi connectivity index (χ2n) is 7.47. The summed E-state index contributed by atoms with van der Waals surface area (Å²) in [6, 6.07) is 12.3. The van der Waals surface area contributed by atoms with Crippen LogP contribution in [0.5, 0.6) is 5.75 Å². The fourth-order valence-corrected chi connectivity index (χ4v) is 5.96. The summed E-state index contributed by atoms with van der Waals surface area (Å²) in [7, 11) is -4.30. The van der Waals surface area contributed by atoms with Gasteiger partial charge in [-0.05, 0) is 30.9 Å². The highest BCUT2D eigenvalue weighted by molar-refractivity contribution is 7.98. The van der Waals surface area contributed by atoms with Crippen LogP contribution in [-0.4, -0.2) is 37.8 Å². The number of benzene rings is 2. The molecule has 0 aliphatic carbocycles. The molecule has 3 rings (SSSR count). The number of fused-ring (bicyclic) bond motifs is 1. The minimum atomic E-state index is -4.30. The zero-order valence-corrected chi connectivity index (χ0v) is 19.5. The zero-order valence-electron chi connectivity index (χ0n) is 17.9. The van der Waals surface area contributed by atoms with Gasteiger partial charge < -0.3 is 14.7 Å². The average molecular weight is 480 g/mol. The van der Waals surface area contributed by atoms with Gasteiger partial charge in [0, 0.05) is 24.2 Å². The van der Waals surface area contributed by atoms with E-state index in [9.17, 15) is 13.2 Å². The predicted octanol–water partition coefficient (Wildman–Crippen LogP) is 5.41. The molecular formula is C23H26FNO5S2. The Balaban J connectivity index is 2.20. The second-order valence-corrected chi connectivity index (χ2v) is 10.3. The highest BCUT2D eigenvalue weighted by Gasteiger charge is 2.42. The number of aliphatic carboxylic acids is 1. The Bertz CT molecular complexity index is 1090. The summed E-state index contributed by atoms with van der Waals surface area (Å²) in [5.41, 5.74) is -0.896. The third-order valence-corrected chi connectivity index (χ3v) is 8.01. The van der Waals surface area contributed by atoms with Crippen LogP contribution < -0.4 is 9.64 Å². The molecule has 2 aromatic rings. The van der Waals surface area contributed by atoms with Crippen molar-refractivity contribution in [2.45, 2.75) is 41.5 Å². The Labute approximate surface area is 192 Å². The van der Waals surface area contributed by atoms with E-state index in [4.69, 9.17) is 9.84 Å². The van der Waals surface area contributed by atoms with E-state index in [1.807, 2.05) is 42.2 Å². The molecule has 9 heteroatoms. The molecule has 0 radical (unpaired) electrons. The van der Waals surface area contributed by atoms with Crippen molar-refractivity contribution in [3.05, 3.63) is 54.8 Å². The summed E-state index contributed by atoms with van der Waals surface area (Å²) in [6.45, 7) is 2.21. The van der Waals surface area contributed by atoms with Crippen LogP contribution in [0.25, 0.3) is 0 Å². The Kier molecular flexibility index (Phi) is 7.84. The number of sulfone groups is 1. The van der Waals surface area contributed by atoms with Crippen LogP contribution in [0.2, 0.25) is 0 Å². The summed E-state index contributed by atoms with van der Waals surface area (Å²) in [6.07, 6.45) is 5.60. The standard InChI is InChI=1S/C23H26FNO5S2/c1-3-4-8-16-15-25(17-9-6-5-7-10-17)18-13-20(31-2)19(30-12-11-22(26)27)14-21(18)32(28,29)23(16)24/h5-7,9-14,16,23H,3-4,8,15H2,1-2H3,(H,26,27)/b12-11+/t16-,23-/m0/s1. The van der Waals surface area contributed by atoms with Crippen molar-refractivity contribution in [2.24, 2.45) is 5.92 Å². The molecule has 0 aromatic heterocycles. The molecule has 0 unspecified atom stereocenters. The van der Waals surface area contributed by atoms with E-state index in [1.165, 1.54) is 17.8 Å². The molecule has 0 fully saturated rings. The Morgan fingerprint density at radius 3 is 2.66 bits per heavy atom. The number of carbonyl (C=O) groups is 1. The molecular weight excluding hydrogens is 453 g/mol. The van der Waals surface area contributed by atoms with Crippen LogP contribution in [-0.2, 0) is 14.6 Å². The minimum Gasteiger partial charge on any atom is -0.478 e. The number of anilines is 2. The van der Waals surface area contributed by atoms with Crippen LogP contribution in [0.4, 0.5) is 15.8 Å². The van der Waals surface area contributed by atoms with Gasteiger partial charge >= 0.3 is 5.97 Å². The number of carboxylic acid groups (broad SMARTS) is 1. The molecule has 1 heterocycles. The Hall–Kier alpha value is -2.52. The maximum atomic E-state index is 15.5. The van der Waals surface area contributed by atoms with Gasteiger partial charge in [-0.1, -0.05) is 38.0 Å². The van der Waals surface area contributed by atoms with Crippen molar-refractivity contribution in [3.63, 3.8) is 0 Å². The first kappa shape index (κ1) is 24.1. The molecule has 172 valence electrons. The summed E-state index contributed by atoms with van der Waals surface area (Å²) in [5, 5.41) is 8.80. The molecule has 1 aliphatic heterocycles. The molecule has 0 saturated carbocycles. The van der Waals surface area contributed by atoms with Crippen LogP contribution in [0.3, 0.4) is 0 Å². The van der Waals surface area contributed by atoms with Gasteiger partial charge in [0.2, 0.25) is 15.3 Å². The van der Waals surface area contributed by atoms with Gasteiger partial charge in [-0.2, -0.15) is 0 Å². The maximum Gasteiger partial charge on any atom is 0.331 e. The first-order chi connectivity index (χ1) is 15.3. The lowest BCUT2D eigenvalue weighted by Gasteiger charge is -2.28. The van der Waals surface area contributed by atoms with Gasteiger partial charge in [-0.15, -0.1) is 11.8 Å². The van der Waals surface area contributed by atoms with E-state index in [0.717, 1.165) is 30.9 Å². The van der Waals surface area contributed by atoms with Crippen LogP contribution in [0, 0.1) is 5.92 Å². The predicted molar refractivity (Wildman–Crippen MR) is 124 cm³/mol. The molecule has 1 aliphatic rings. The Morgan fingerprint density at radius 1 is 1.31 bits per heavy atom. The lowest BCUT2D eigenvalue weighted by molar-refractivity contribution is -0.131. The maximum absolute atomic E-state index is 15.5. The van der Waals surface area contributed by atoms with Crippen LogP contribution in [0.15, 0.2) is 64.6 Å². The zero-order chi connectivity index (χ0) is 23.3. The number of hydrogen-bond acceptors (Lipinski definition) is 6. The minimum absolute atomic E-state index is 0.157. The number of thioether (sulfide) groups is 1. The van der Waals surface area contributed by atoms with E-state index in [2.05, 4.69) is 0 Å². The first-order valence-electron chi connectivity index (χ1n) is 10.3. The number of hydrogen-bond donors (Lipinski definition) is 1. The highest BCUT2D eigenvalue weighted by Crippen LogP contribution is 2.45. The lowest BCUT2D eigenvalue weighted by Crippen LogP contribution is -2.31. The number of carboxylic acids is 1. The quantitative estimate of drug-likeness (QED) is 0.308. The number of unbranched alkanes of at least 4 members (excludes halogenated alkanes) is 1. The van der Waals surface area contributed by atoms with Gasteiger partial charge in [-0.25, -0.2) is 17.6 Å². The van der Waals surface area contributed by atoms with Gasteiger partial charge in [0.25, 0.3) is 0 Å². The van der Waals surface area contributed by atoms with E-state index in [0.29, 0.717) is 17.0 Å². The first-order valence-corrected chi connectivity index (χ1v) is 13.1. The number of alkyl halides is 1. The number of ether oxygens (including phenoxy) is 1. The Morgan fingerprint density at radius 2 is 2.03 bits per heavy atom. The largest absolute Gasteiger partial charge is 0.478 e. The molecule has 0 saturated heterocycles. The van der Waals surface area contributed by atoms with Crippen molar-refractivity contribution in [1.29, 1.82) is 0 Å². The van der Waals surface area contributed by atoms with Gasteiger partial charge in [-0.3, -0.25) is 0 Å². The highest BCUT2D eigenvalue weighted by atomic mass is 32.2. The molecule has 0 spiro atoms. The second kappa shape index (κ2) is 10.4. The third-order valence-electron chi connectivity index (χ3n) is 5.33. The van der Waals surface area contributed by atoms with Gasteiger partial charge in [0.15, 0.2) is 0 Å². The number of rotatable bonds is 8. The van der Waals surface area contributed by atoms with E-state index < -0.39 is 27.2 Å². The molecule has 1 N–H and O–H groups in total. The van der Waals surface area contributed by atoms with E-state index >= 15 is 4.39 Å². The molecule has 2 aromatic carbocycles. The number of nitrogens with zero attached hydrogens (tertiary/aromatic N) is 1. The van der Waals surface area contributed by atoms with E-state index in [1.54, 1.807) is 12.3 Å². The third kappa shape index (κ3) is 5.10. The summed E-state index contributed by atoms with van der Waals surface area (Å²) < 4.78 is 47.6. The van der Waals surface area contributed by atoms with Crippen LogP contribution >= 0.6 is 11.8 Å². The smallest absolute Gasteiger partial charge is 0.331 e. The monoisotopic (exact) mass is 479 g/mol. The summed E-state index contributed by atoms with van der Waals surface area (Å²) in [4.78, 5) is 13.1. The van der Waals surface area contributed by atoms with Crippen molar-refractivity contribution in [2.75, 3.05) is 17.7 Å². The molecule has 0 amide bonds. The van der Waals surface area contributed by atoms with E-state index in [-0.39, 0.29) is 17.2 Å².